The third kappa shape index (κ3) is 5.84. The van der Waals surface area contributed by atoms with Crippen LogP contribution in [0.1, 0.15) is 29.8 Å². The van der Waals surface area contributed by atoms with Crippen molar-refractivity contribution >= 4 is 11.6 Å². The summed E-state index contributed by atoms with van der Waals surface area (Å²) in [6.07, 6.45) is 3.74. The molecule has 0 radical (unpaired) electrons. The van der Waals surface area contributed by atoms with Gasteiger partial charge in [0.1, 0.15) is 0 Å². The zero-order valence-corrected chi connectivity index (χ0v) is 16.1. The largest absolute Gasteiger partial charge is 0.303 e. The van der Waals surface area contributed by atoms with E-state index in [9.17, 15) is 0 Å². The van der Waals surface area contributed by atoms with Crippen molar-refractivity contribution in [1.29, 1.82) is 0 Å². The van der Waals surface area contributed by atoms with E-state index in [0.29, 0.717) is 0 Å². The summed E-state index contributed by atoms with van der Waals surface area (Å²) in [5.74, 6) is 0.754. The SMILES string of the molecule is Cc1cc(CN(C)C[C@@H]2CCCN(CCc3ccc(Cl)cc3)C2)n[nH]1. The Kier molecular flexibility index (Phi) is 6.51. The summed E-state index contributed by atoms with van der Waals surface area (Å²) in [4.78, 5) is 5.03. The van der Waals surface area contributed by atoms with E-state index in [1.54, 1.807) is 0 Å². The smallest absolute Gasteiger partial charge is 0.0764 e. The Morgan fingerprint density at radius 1 is 1.32 bits per heavy atom. The van der Waals surface area contributed by atoms with Gasteiger partial charge in [-0.1, -0.05) is 23.7 Å². The topological polar surface area (TPSA) is 35.2 Å². The number of piperidine rings is 1. The molecule has 2 aromatic rings. The van der Waals surface area contributed by atoms with Gasteiger partial charge in [-0.15, -0.1) is 0 Å². The third-order valence-electron chi connectivity index (χ3n) is 4.99. The molecule has 0 unspecified atom stereocenters. The summed E-state index contributed by atoms with van der Waals surface area (Å²) in [7, 11) is 2.21. The molecule has 1 aliphatic heterocycles. The molecule has 1 aliphatic rings. The van der Waals surface area contributed by atoms with Crippen LogP contribution < -0.4 is 0 Å². The molecule has 1 aromatic heterocycles. The van der Waals surface area contributed by atoms with E-state index in [0.717, 1.165) is 48.4 Å². The van der Waals surface area contributed by atoms with Crippen LogP contribution in [0.5, 0.6) is 0 Å². The van der Waals surface area contributed by atoms with Gasteiger partial charge in [-0.05, 0) is 69.5 Å². The maximum absolute atomic E-state index is 5.97. The Balaban J connectivity index is 1.43. The highest BCUT2D eigenvalue weighted by atomic mass is 35.5. The number of likely N-dealkylation sites (tertiary alicyclic amines) is 1. The number of halogens is 1. The highest BCUT2D eigenvalue weighted by Gasteiger charge is 2.21. The molecule has 136 valence electrons. The van der Waals surface area contributed by atoms with Crippen molar-refractivity contribution in [2.24, 2.45) is 5.92 Å². The molecule has 1 atom stereocenters. The molecule has 1 N–H and O–H groups in total. The van der Waals surface area contributed by atoms with Gasteiger partial charge >= 0.3 is 0 Å². The fraction of sp³-hybridized carbons (Fsp3) is 0.550. The van der Waals surface area contributed by atoms with Gasteiger partial charge in [-0.3, -0.25) is 5.10 Å². The molecule has 0 spiro atoms. The number of hydrogen-bond donors (Lipinski definition) is 1. The molecule has 25 heavy (non-hydrogen) atoms. The Hall–Kier alpha value is -1.36. The van der Waals surface area contributed by atoms with Crippen LogP contribution in [0.25, 0.3) is 0 Å². The van der Waals surface area contributed by atoms with Crippen molar-refractivity contribution < 1.29 is 0 Å². The predicted octanol–water partition coefficient (Wildman–Crippen LogP) is 3.76. The van der Waals surface area contributed by atoms with E-state index >= 15 is 0 Å². The molecular weight excluding hydrogens is 332 g/mol. The van der Waals surface area contributed by atoms with Gasteiger partial charge in [0, 0.05) is 36.9 Å². The Morgan fingerprint density at radius 3 is 2.84 bits per heavy atom. The zero-order chi connectivity index (χ0) is 17.6. The lowest BCUT2D eigenvalue weighted by atomic mass is 9.97. The predicted molar refractivity (Wildman–Crippen MR) is 104 cm³/mol. The highest BCUT2D eigenvalue weighted by molar-refractivity contribution is 6.30. The van der Waals surface area contributed by atoms with Crippen LogP contribution in [0.15, 0.2) is 30.3 Å². The van der Waals surface area contributed by atoms with Crippen LogP contribution in [0, 0.1) is 12.8 Å². The molecule has 5 heteroatoms. The molecule has 1 aromatic carbocycles. The molecule has 0 saturated carbocycles. The highest BCUT2D eigenvalue weighted by Crippen LogP contribution is 2.19. The van der Waals surface area contributed by atoms with Gasteiger partial charge in [0.15, 0.2) is 0 Å². The van der Waals surface area contributed by atoms with Crippen molar-refractivity contribution in [1.82, 2.24) is 20.0 Å². The van der Waals surface area contributed by atoms with Crippen molar-refractivity contribution in [3.05, 3.63) is 52.3 Å². The second-order valence-electron chi connectivity index (χ2n) is 7.42. The van der Waals surface area contributed by atoms with Crippen LogP contribution in [-0.4, -0.2) is 53.2 Å². The second kappa shape index (κ2) is 8.84. The molecule has 0 aliphatic carbocycles. The number of nitrogens with one attached hydrogen (secondary N) is 1. The summed E-state index contributed by atoms with van der Waals surface area (Å²) >= 11 is 5.97. The Morgan fingerprint density at radius 2 is 2.12 bits per heavy atom. The summed E-state index contributed by atoms with van der Waals surface area (Å²) in [6.45, 7) is 7.69. The average Bonchev–Trinajstić information content (AvgIpc) is 2.99. The fourth-order valence-corrected chi connectivity index (χ4v) is 3.90. The van der Waals surface area contributed by atoms with Crippen LogP contribution in [0.4, 0.5) is 0 Å². The number of aromatic nitrogens is 2. The lowest BCUT2D eigenvalue weighted by Gasteiger charge is -2.34. The van der Waals surface area contributed by atoms with E-state index in [2.05, 4.69) is 52.2 Å². The minimum absolute atomic E-state index is 0.754. The van der Waals surface area contributed by atoms with Gasteiger partial charge in [-0.2, -0.15) is 5.10 Å². The molecule has 0 amide bonds. The number of aromatic amines is 1. The number of aryl methyl sites for hydroxylation is 1. The number of benzene rings is 1. The van der Waals surface area contributed by atoms with Gasteiger partial charge in [0.25, 0.3) is 0 Å². The van der Waals surface area contributed by atoms with Gasteiger partial charge in [-0.25, -0.2) is 0 Å². The van der Waals surface area contributed by atoms with Crippen molar-refractivity contribution in [3.63, 3.8) is 0 Å². The Bertz CT molecular complexity index is 652. The third-order valence-corrected chi connectivity index (χ3v) is 5.25. The fourth-order valence-electron chi connectivity index (χ4n) is 3.78. The van der Waals surface area contributed by atoms with Gasteiger partial charge < -0.3 is 9.80 Å². The first-order valence-corrected chi connectivity index (χ1v) is 9.62. The molecule has 4 nitrogen and oxygen atoms in total. The van der Waals surface area contributed by atoms with Crippen molar-refractivity contribution in [2.75, 3.05) is 33.2 Å². The zero-order valence-electron chi connectivity index (χ0n) is 15.3. The molecule has 3 rings (SSSR count). The van der Waals surface area contributed by atoms with E-state index < -0.39 is 0 Å². The number of H-pyrrole nitrogens is 1. The minimum atomic E-state index is 0.754. The summed E-state index contributed by atoms with van der Waals surface area (Å²) < 4.78 is 0. The van der Waals surface area contributed by atoms with Crippen LogP contribution in [0.3, 0.4) is 0 Å². The average molecular weight is 361 g/mol. The number of nitrogens with zero attached hydrogens (tertiary/aromatic N) is 3. The monoisotopic (exact) mass is 360 g/mol. The van der Waals surface area contributed by atoms with Crippen LogP contribution in [0.2, 0.25) is 5.02 Å². The van der Waals surface area contributed by atoms with Gasteiger partial charge in [0.05, 0.1) is 5.69 Å². The van der Waals surface area contributed by atoms with Crippen LogP contribution >= 0.6 is 11.6 Å². The number of hydrogen-bond acceptors (Lipinski definition) is 3. The first-order valence-electron chi connectivity index (χ1n) is 9.25. The molecule has 2 heterocycles. The molecular formula is C20H29ClN4. The number of rotatable bonds is 7. The first kappa shape index (κ1) is 18.4. The van der Waals surface area contributed by atoms with Crippen molar-refractivity contribution in [3.8, 4) is 0 Å². The normalized spacial score (nSPS) is 18.8. The van der Waals surface area contributed by atoms with E-state index in [4.69, 9.17) is 11.6 Å². The first-order chi connectivity index (χ1) is 12.1. The summed E-state index contributed by atoms with van der Waals surface area (Å²) in [5.41, 5.74) is 3.64. The summed E-state index contributed by atoms with van der Waals surface area (Å²) in [6, 6.07) is 10.4. The molecule has 0 bridgehead atoms. The minimum Gasteiger partial charge on any atom is -0.303 e. The van der Waals surface area contributed by atoms with Crippen LogP contribution in [-0.2, 0) is 13.0 Å². The Labute approximate surface area is 156 Å². The maximum Gasteiger partial charge on any atom is 0.0764 e. The summed E-state index contributed by atoms with van der Waals surface area (Å²) in [5, 5.41) is 8.19. The van der Waals surface area contributed by atoms with E-state index in [1.165, 1.54) is 31.5 Å². The standard InChI is InChI=1S/C20H29ClN4/c1-16-12-20(23-22-16)15-24(2)13-18-4-3-10-25(14-18)11-9-17-5-7-19(21)8-6-17/h5-8,12,18H,3-4,9-11,13-15H2,1-2H3,(H,22,23)/t18-/m0/s1. The molecule has 1 saturated heterocycles. The lowest BCUT2D eigenvalue weighted by Crippen LogP contribution is -2.40. The second-order valence-corrected chi connectivity index (χ2v) is 7.86. The molecule has 1 fully saturated rings. The van der Waals surface area contributed by atoms with E-state index in [-0.39, 0.29) is 0 Å². The lowest BCUT2D eigenvalue weighted by molar-refractivity contribution is 0.142. The van der Waals surface area contributed by atoms with Crippen molar-refractivity contribution in [2.45, 2.75) is 32.7 Å². The maximum atomic E-state index is 5.97. The van der Waals surface area contributed by atoms with Gasteiger partial charge in [0.2, 0.25) is 0 Å². The quantitative estimate of drug-likeness (QED) is 0.816. The van der Waals surface area contributed by atoms with E-state index in [1.807, 2.05) is 12.1 Å².